The predicted octanol–water partition coefficient (Wildman–Crippen LogP) is 3.54. The summed E-state index contributed by atoms with van der Waals surface area (Å²) in [5.41, 5.74) is 2.40. The summed E-state index contributed by atoms with van der Waals surface area (Å²) in [4.78, 5) is 15.0. The van der Waals surface area contributed by atoms with Crippen LogP contribution in [0, 0.1) is 11.7 Å². The summed E-state index contributed by atoms with van der Waals surface area (Å²) in [5.74, 6) is -1.64. The molecule has 0 aliphatic heterocycles. The Morgan fingerprint density at radius 2 is 2.10 bits per heavy atom. The van der Waals surface area contributed by atoms with Gasteiger partial charge in [0, 0.05) is 11.8 Å². The normalized spacial score (nSPS) is 12.1. The molecule has 0 aliphatic carbocycles. The first-order chi connectivity index (χ1) is 9.61. The summed E-state index contributed by atoms with van der Waals surface area (Å²) in [6, 6.07) is 8.87. The first-order valence-corrected chi connectivity index (χ1v) is 6.53. The van der Waals surface area contributed by atoms with Crippen LogP contribution in [-0.2, 0) is 11.2 Å². The van der Waals surface area contributed by atoms with Crippen LogP contribution in [0.5, 0.6) is 0 Å². The SMILES string of the molecule is CCC(Cc1ccccc1-c1cncc(F)c1)C(=O)O. The van der Waals surface area contributed by atoms with E-state index in [9.17, 15) is 9.18 Å². The molecule has 1 N–H and O–H groups in total. The van der Waals surface area contributed by atoms with Crippen molar-refractivity contribution in [1.29, 1.82) is 0 Å². The molecule has 1 unspecified atom stereocenters. The highest BCUT2D eigenvalue weighted by Crippen LogP contribution is 2.26. The van der Waals surface area contributed by atoms with Crippen LogP contribution >= 0.6 is 0 Å². The molecule has 0 saturated heterocycles. The molecule has 1 aromatic carbocycles. The van der Waals surface area contributed by atoms with Crippen molar-refractivity contribution < 1.29 is 14.3 Å². The predicted molar refractivity (Wildman–Crippen MR) is 74.8 cm³/mol. The van der Waals surface area contributed by atoms with Crippen LogP contribution in [0.2, 0.25) is 0 Å². The molecule has 104 valence electrons. The molecule has 3 nitrogen and oxygen atoms in total. The number of carboxylic acids is 1. The minimum absolute atomic E-state index is 0.400. The first-order valence-electron chi connectivity index (χ1n) is 6.53. The van der Waals surface area contributed by atoms with Crippen LogP contribution in [0.4, 0.5) is 4.39 Å². The smallest absolute Gasteiger partial charge is 0.306 e. The zero-order chi connectivity index (χ0) is 14.5. The lowest BCUT2D eigenvalue weighted by atomic mass is 9.91. The highest BCUT2D eigenvalue weighted by atomic mass is 19.1. The summed E-state index contributed by atoms with van der Waals surface area (Å²) < 4.78 is 13.3. The Morgan fingerprint density at radius 3 is 2.75 bits per heavy atom. The number of aliphatic carboxylic acids is 1. The number of pyridine rings is 1. The lowest BCUT2D eigenvalue weighted by Gasteiger charge is -2.13. The zero-order valence-corrected chi connectivity index (χ0v) is 11.2. The molecule has 0 spiro atoms. The minimum Gasteiger partial charge on any atom is -0.481 e. The quantitative estimate of drug-likeness (QED) is 0.906. The molecule has 0 amide bonds. The molecule has 1 aromatic heterocycles. The lowest BCUT2D eigenvalue weighted by Crippen LogP contribution is -2.15. The Kier molecular flexibility index (Phi) is 4.45. The Hall–Kier alpha value is -2.23. The van der Waals surface area contributed by atoms with Crippen molar-refractivity contribution in [3.63, 3.8) is 0 Å². The third-order valence-electron chi connectivity index (χ3n) is 3.34. The molecule has 1 heterocycles. The van der Waals surface area contributed by atoms with E-state index in [0.717, 1.165) is 17.3 Å². The monoisotopic (exact) mass is 273 g/mol. The number of carbonyl (C=O) groups is 1. The second kappa shape index (κ2) is 6.28. The van der Waals surface area contributed by atoms with Gasteiger partial charge >= 0.3 is 5.97 Å². The number of halogens is 1. The van der Waals surface area contributed by atoms with Crippen molar-refractivity contribution >= 4 is 5.97 Å². The summed E-state index contributed by atoms with van der Waals surface area (Å²) in [7, 11) is 0. The number of aromatic nitrogens is 1. The molecule has 0 saturated carbocycles. The van der Waals surface area contributed by atoms with E-state index in [2.05, 4.69) is 4.98 Å². The van der Waals surface area contributed by atoms with E-state index in [1.54, 1.807) is 6.20 Å². The second-order valence-electron chi connectivity index (χ2n) is 4.70. The van der Waals surface area contributed by atoms with Crippen LogP contribution in [0.3, 0.4) is 0 Å². The topological polar surface area (TPSA) is 50.2 Å². The van der Waals surface area contributed by atoms with E-state index >= 15 is 0 Å². The fourth-order valence-electron chi connectivity index (χ4n) is 2.21. The van der Waals surface area contributed by atoms with Crippen molar-refractivity contribution in [2.75, 3.05) is 0 Å². The average Bonchev–Trinajstić information content (AvgIpc) is 2.44. The van der Waals surface area contributed by atoms with E-state index in [1.165, 1.54) is 6.07 Å². The molecule has 0 fully saturated rings. The highest BCUT2D eigenvalue weighted by Gasteiger charge is 2.17. The van der Waals surface area contributed by atoms with E-state index in [1.807, 2.05) is 31.2 Å². The van der Waals surface area contributed by atoms with Gasteiger partial charge in [0.1, 0.15) is 5.82 Å². The maximum absolute atomic E-state index is 13.3. The van der Waals surface area contributed by atoms with Gasteiger partial charge in [-0.1, -0.05) is 31.2 Å². The van der Waals surface area contributed by atoms with Gasteiger partial charge in [-0.15, -0.1) is 0 Å². The van der Waals surface area contributed by atoms with Gasteiger partial charge in [0.2, 0.25) is 0 Å². The van der Waals surface area contributed by atoms with Crippen LogP contribution in [0.15, 0.2) is 42.7 Å². The van der Waals surface area contributed by atoms with Crippen LogP contribution < -0.4 is 0 Å². The summed E-state index contributed by atoms with van der Waals surface area (Å²) in [5, 5.41) is 9.17. The van der Waals surface area contributed by atoms with Gasteiger partial charge in [-0.2, -0.15) is 0 Å². The fraction of sp³-hybridized carbons (Fsp3) is 0.250. The first kappa shape index (κ1) is 14.2. The minimum atomic E-state index is -0.806. The summed E-state index contributed by atoms with van der Waals surface area (Å²) >= 11 is 0. The Bertz CT molecular complexity index is 613. The molecule has 2 rings (SSSR count). The maximum Gasteiger partial charge on any atom is 0.306 e. The standard InChI is InChI=1S/C16H16FNO2/c1-2-11(16(19)20)7-12-5-3-4-6-15(12)13-8-14(17)10-18-9-13/h3-6,8-11H,2,7H2,1H3,(H,19,20). The number of hydrogen-bond donors (Lipinski definition) is 1. The molecular weight excluding hydrogens is 257 g/mol. The van der Waals surface area contributed by atoms with Gasteiger partial charge < -0.3 is 5.11 Å². The molecule has 0 aliphatic rings. The van der Waals surface area contributed by atoms with Crippen molar-refractivity contribution in [2.45, 2.75) is 19.8 Å². The van der Waals surface area contributed by atoms with Gasteiger partial charge in [0.25, 0.3) is 0 Å². The van der Waals surface area contributed by atoms with Crippen LogP contribution in [0.25, 0.3) is 11.1 Å². The van der Waals surface area contributed by atoms with Gasteiger partial charge in [-0.3, -0.25) is 9.78 Å². The van der Waals surface area contributed by atoms with Crippen molar-refractivity contribution in [3.8, 4) is 11.1 Å². The lowest BCUT2D eigenvalue weighted by molar-refractivity contribution is -0.141. The van der Waals surface area contributed by atoms with Gasteiger partial charge in [-0.25, -0.2) is 4.39 Å². The van der Waals surface area contributed by atoms with Gasteiger partial charge in [0.05, 0.1) is 12.1 Å². The number of nitrogens with zero attached hydrogens (tertiary/aromatic N) is 1. The van der Waals surface area contributed by atoms with Crippen molar-refractivity contribution in [1.82, 2.24) is 4.98 Å². The van der Waals surface area contributed by atoms with Gasteiger partial charge in [0.15, 0.2) is 0 Å². The molecule has 20 heavy (non-hydrogen) atoms. The fourth-order valence-corrected chi connectivity index (χ4v) is 2.21. The van der Waals surface area contributed by atoms with Crippen LogP contribution in [0.1, 0.15) is 18.9 Å². The van der Waals surface area contributed by atoms with E-state index < -0.39 is 17.7 Å². The Morgan fingerprint density at radius 1 is 1.35 bits per heavy atom. The van der Waals surface area contributed by atoms with E-state index in [-0.39, 0.29) is 0 Å². The highest BCUT2D eigenvalue weighted by molar-refractivity contribution is 5.72. The van der Waals surface area contributed by atoms with Crippen LogP contribution in [-0.4, -0.2) is 16.1 Å². The Balaban J connectivity index is 2.38. The molecule has 1 atom stereocenters. The number of rotatable bonds is 5. The van der Waals surface area contributed by atoms with Crippen molar-refractivity contribution in [3.05, 3.63) is 54.1 Å². The Labute approximate surface area is 117 Å². The van der Waals surface area contributed by atoms with E-state index in [0.29, 0.717) is 18.4 Å². The average molecular weight is 273 g/mol. The molecule has 2 aromatic rings. The number of hydrogen-bond acceptors (Lipinski definition) is 2. The second-order valence-corrected chi connectivity index (χ2v) is 4.70. The number of carboxylic acid groups (broad SMARTS) is 1. The molecule has 0 radical (unpaired) electrons. The molecular formula is C16H16FNO2. The molecule has 4 heteroatoms. The third-order valence-corrected chi connectivity index (χ3v) is 3.34. The largest absolute Gasteiger partial charge is 0.481 e. The number of benzene rings is 1. The summed E-state index contributed by atoms with van der Waals surface area (Å²) in [6.45, 7) is 1.85. The maximum atomic E-state index is 13.3. The summed E-state index contributed by atoms with van der Waals surface area (Å²) in [6.07, 6.45) is 3.73. The third kappa shape index (κ3) is 3.20. The zero-order valence-electron chi connectivity index (χ0n) is 11.2. The van der Waals surface area contributed by atoms with Crippen molar-refractivity contribution in [2.24, 2.45) is 5.92 Å². The van der Waals surface area contributed by atoms with E-state index in [4.69, 9.17) is 5.11 Å². The van der Waals surface area contributed by atoms with Gasteiger partial charge in [-0.05, 0) is 30.0 Å². The molecule has 0 bridgehead atoms.